The zero-order valence-corrected chi connectivity index (χ0v) is 11.2. The van der Waals surface area contributed by atoms with Crippen LogP contribution in [0.3, 0.4) is 0 Å². The van der Waals surface area contributed by atoms with E-state index < -0.39 is 6.10 Å². The molecule has 0 saturated carbocycles. The van der Waals surface area contributed by atoms with Crippen LogP contribution in [0.2, 0.25) is 0 Å². The molecule has 0 radical (unpaired) electrons. The van der Waals surface area contributed by atoms with E-state index in [4.69, 9.17) is 4.74 Å². The minimum atomic E-state index is -0.600. The molecule has 2 aliphatic rings. The number of aliphatic hydroxyl groups is 1. The Bertz CT molecular complexity index is 285. The van der Waals surface area contributed by atoms with Gasteiger partial charge in [-0.05, 0) is 26.3 Å². The van der Waals surface area contributed by atoms with E-state index in [0.717, 1.165) is 19.6 Å². The first-order valence-corrected chi connectivity index (χ1v) is 6.99. The third-order valence-electron chi connectivity index (χ3n) is 3.85. The van der Waals surface area contributed by atoms with Crippen molar-refractivity contribution in [3.63, 3.8) is 0 Å². The van der Waals surface area contributed by atoms with Crippen LogP contribution in [0.4, 0.5) is 0 Å². The summed E-state index contributed by atoms with van der Waals surface area (Å²) in [7, 11) is 0. The summed E-state index contributed by atoms with van der Waals surface area (Å²) < 4.78 is 4.85. The first-order valence-electron chi connectivity index (χ1n) is 6.99. The Morgan fingerprint density at radius 1 is 1.44 bits per heavy atom. The van der Waals surface area contributed by atoms with Crippen molar-refractivity contribution in [2.24, 2.45) is 0 Å². The highest BCUT2D eigenvalue weighted by atomic mass is 16.5. The van der Waals surface area contributed by atoms with Gasteiger partial charge in [0.1, 0.15) is 0 Å². The van der Waals surface area contributed by atoms with Crippen molar-refractivity contribution in [3.05, 3.63) is 0 Å². The van der Waals surface area contributed by atoms with E-state index in [1.165, 1.54) is 19.4 Å². The Morgan fingerprint density at radius 2 is 2.28 bits per heavy atom. The highest BCUT2D eigenvalue weighted by Crippen LogP contribution is 2.21. The van der Waals surface area contributed by atoms with Gasteiger partial charge in [-0.25, -0.2) is 0 Å². The Hall–Kier alpha value is -0.650. The van der Waals surface area contributed by atoms with Crippen LogP contribution in [-0.2, 0) is 9.53 Å². The number of fused-ring (bicyclic) bond motifs is 1. The highest BCUT2D eigenvalue weighted by Gasteiger charge is 2.31. The van der Waals surface area contributed by atoms with Crippen molar-refractivity contribution >= 4 is 5.97 Å². The number of hydrogen-bond donors (Lipinski definition) is 1. The molecule has 2 fully saturated rings. The first kappa shape index (κ1) is 13.8. The molecular weight excluding hydrogens is 232 g/mol. The van der Waals surface area contributed by atoms with Gasteiger partial charge in [-0.2, -0.15) is 0 Å². The first-order chi connectivity index (χ1) is 8.69. The largest absolute Gasteiger partial charge is 0.466 e. The number of rotatable bonds is 5. The van der Waals surface area contributed by atoms with Crippen molar-refractivity contribution in [2.45, 2.75) is 38.3 Å². The maximum atomic E-state index is 11.3. The normalized spacial score (nSPS) is 26.9. The fourth-order valence-corrected chi connectivity index (χ4v) is 3.00. The molecule has 5 heteroatoms. The van der Waals surface area contributed by atoms with Crippen LogP contribution in [0.25, 0.3) is 0 Å². The predicted molar refractivity (Wildman–Crippen MR) is 68.3 cm³/mol. The molecule has 2 heterocycles. The maximum absolute atomic E-state index is 11.3. The lowest BCUT2D eigenvalue weighted by Gasteiger charge is -2.38. The van der Waals surface area contributed by atoms with Crippen LogP contribution in [0.1, 0.15) is 26.2 Å². The molecule has 0 aromatic carbocycles. The topological polar surface area (TPSA) is 53.0 Å². The highest BCUT2D eigenvalue weighted by molar-refractivity contribution is 5.69. The molecule has 5 nitrogen and oxygen atoms in total. The molecule has 0 aromatic rings. The van der Waals surface area contributed by atoms with E-state index >= 15 is 0 Å². The van der Waals surface area contributed by atoms with Crippen molar-refractivity contribution < 1.29 is 14.6 Å². The number of piperazine rings is 1. The summed E-state index contributed by atoms with van der Waals surface area (Å²) in [6.07, 6.45) is 2.07. The van der Waals surface area contributed by atoms with Crippen LogP contribution >= 0.6 is 0 Å². The zero-order chi connectivity index (χ0) is 13.0. The summed E-state index contributed by atoms with van der Waals surface area (Å²) in [6.45, 7) is 7.09. The van der Waals surface area contributed by atoms with Gasteiger partial charge in [0.05, 0.1) is 19.1 Å². The van der Waals surface area contributed by atoms with Gasteiger partial charge in [0.2, 0.25) is 0 Å². The van der Waals surface area contributed by atoms with Crippen molar-refractivity contribution in [1.82, 2.24) is 9.80 Å². The lowest BCUT2D eigenvalue weighted by Crippen LogP contribution is -2.51. The van der Waals surface area contributed by atoms with Crippen LogP contribution in [-0.4, -0.2) is 72.4 Å². The molecule has 2 rings (SSSR count). The smallest absolute Gasteiger partial charge is 0.308 e. The van der Waals surface area contributed by atoms with Gasteiger partial charge in [-0.15, -0.1) is 0 Å². The monoisotopic (exact) mass is 256 g/mol. The molecule has 1 N–H and O–H groups in total. The zero-order valence-electron chi connectivity index (χ0n) is 11.2. The van der Waals surface area contributed by atoms with E-state index in [1.54, 1.807) is 6.92 Å². The number of aliphatic hydroxyl groups excluding tert-OH is 1. The minimum absolute atomic E-state index is 0.110. The molecule has 0 aromatic heterocycles. The van der Waals surface area contributed by atoms with Gasteiger partial charge in [0.25, 0.3) is 0 Å². The predicted octanol–water partition coefficient (Wildman–Crippen LogP) is 0.0805. The van der Waals surface area contributed by atoms with Gasteiger partial charge < -0.3 is 9.84 Å². The van der Waals surface area contributed by atoms with E-state index in [-0.39, 0.29) is 12.4 Å². The van der Waals surface area contributed by atoms with E-state index in [9.17, 15) is 9.90 Å². The third-order valence-corrected chi connectivity index (χ3v) is 3.85. The van der Waals surface area contributed by atoms with Gasteiger partial charge in [-0.1, -0.05) is 0 Å². The number of hydrogen-bond acceptors (Lipinski definition) is 5. The number of carbonyl (C=O) groups is 1. The van der Waals surface area contributed by atoms with E-state index in [2.05, 4.69) is 9.80 Å². The van der Waals surface area contributed by atoms with Crippen LogP contribution < -0.4 is 0 Å². The summed E-state index contributed by atoms with van der Waals surface area (Å²) >= 11 is 0. The minimum Gasteiger partial charge on any atom is -0.466 e. The summed E-state index contributed by atoms with van der Waals surface area (Å²) in [4.78, 5) is 16.1. The van der Waals surface area contributed by atoms with Gasteiger partial charge in [-0.3, -0.25) is 14.6 Å². The second kappa shape index (κ2) is 6.50. The Balaban J connectivity index is 1.71. The van der Waals surface area contributed by atoms with Gasteiger partial charge >= 0.3 is 5.97 Å². The average molecular weight is 256 g/mol. The SMILES string of the molecule is CCOC(=O)CC(O)CN1CCN2CCCC2C1. The van der Waals surface area contributed by atoms with E-state index in [0.29, 0.717) is 19.2 Å². The molecule has 104 valence electrons. The molecule has 0 bridgehead atoms. The molecular formula is C13H24N2O3. The van der Waals surface area contributed by atoms with Crippen molar-refractivity contribution in [1.29, 1.82) is 0 Å². The quantitative estimate of drug-likeness (QED) is 0.706. The average Bonchev–Trinajstić information content (AvgIpc) is 2.76. The third kappa shape index (κ3) is 3.67. The molecule has 0 amide bonds. The molecule has 2 atom stereocenters. The standard InChI is InChI=1S/C13H24N2O3/c1-2-18-13(17)8-12(16)10-14-6-7-15-5-3-4-11(15)9-14/h11-12,16H,2-10H2,1H3. The number of carbonyl (C=O) groups excluding carboxylic acids is 1. The second-order valence-corrected chi connectivity index (χ2v) is 5.25. The Labute approximate surface area is 109 Å². The Morgan fingerprint density at radius 3 is 3.06 bits per heavy atom. The number of β-amino-alcohol motifs (C(OH)–C–C–N with tert-alkyl or cyclic N) is 1. The fraction of sp³-hybridized carbons (Fsp3) is 0.923. The summed E-state index contributed by atoms with van der Waals surface area (Å²) in [5.74, 6) is -0.301. The summed E-state index contributed by atoms with van der Waals surface area (Å²) in [5, 5.41) is 9.88. The molecule has 18 heavy (non-hydrogen) atoms. The van der Waals surface area contributed by atoms with Crippen molar-refractivity contribution in [2.75, 3.05) is 39.3 Å². The van der Waals surface area contributed by atoms with Crippen molar-refractivity contribution in [3.8, 4) is 0 Å². The maximum Gasteiger partial charge on any atom is 0.308 e. The number of ether oxygens (including phenoxy) is 1. The van der Waals surface area contributed by atoms with Gasteiger partial charge in [0.15, 0.2) is 0 Å². The molecule has 2 saturated heterocycles. The van der Waals surface area contributed by atoms with Crippen LogP contribution in [0, 0.1) is 0 Å². The molecule has 2 aliphatic heterocycles. The lowest BCUT2D eigenvalue weighted by molar-refractivity contribution is -0.145. The van der Waals surface area contributed by atoms with Gasteiger partial charge in [0, 0.05) is 32.2 Å². The molecule has 2 unspecified atom stereocenters. The summed E-state index contributed by atoms with van der Waals surface area (Å²) in [5.41, 5.74) is 0. The number of nitrogens with zero attached hydrogens (tertiary/aromatic N) is 2. The van der Waals surface area contributed by atoms with Crippen LogP contribution in [0.15, 0.2) is 0 Å². The van der Waals surface area contributed by atoms with E-state index in [1.807, 2.05) is 0 Å². The summed E-state index contributed by atoms with van der Waals surface area (Å²) in [6, 6.07) is 0.661. The van der Waals surface area contributed by atoms with Crippen LogP contribution in [0.5, 0.6) is 0 Å². The second-order valence-electron chi connectivity index (χ2n) is 5.25. The lowest BCUT2D eigenvalue weighted by atomic mass is 10.1. The number of esters is 1. The molecule has 0 aliphatic carbocycles. The Kier molecular flexibility index (Phi) is 4.97. The fourth-order valence-electron chi connectivity index (χ4n) is 3.00. The molecule has 0 spiro atoms.